The van der Waals surface area contributed by atoms with Crippen molar-refractivity contribution in [3.8, 4) is 5.75 Å². The lowest BCUT2D eigenvalue weighted by molar-refractivity contribution is 0.340. The monoisotopic (exact) mass is 360 g/mol. The van der Waals surface area contributed by atoms with Gasteiger partial charge in [0.25, 0.3) is 0 Å². The highest BCUT2D eigenvalue weighted by Crippen LogP contribution is 2.32. The van der Waals surface area contributed by atoms with Crippen LogP contribution in [0.3, 0.4) is 0 Å². The summed E-state index contributed by atoms with van der Waals surface area (Å²) in [6.45, 7) is 5.59. The Bertz CT molecular complexity index is 924. The van der Waals surface area contributed by atoms with Gasteiger partial charge in [-0.1, -0.05) is 18.2 Å². The van der Waals surface area contributed by atoms with Gasteiger partial charge >= 0.3 is 0 Å². The van der Waals surface area contributed by atoms with Gasteiger partial charge in [-0.15, -0.1) is 0 Å². The summed E-state index contributed by atoms with van der Waals surface area (Å²) in [5.41, 5.74) is 4.48. The highest BCUT2D eigenvalue weighted by atomic mass is 16.5. The number of rotatable bonds is 5. The number of aryl methyl sites for hydroxylation is 2. The molecule has 5 heteroatoms. The summed E-state index contributed by atoms with van der Waals surface area (Å²) in [6, 6.07) is 18.4. The Labute approximate surface area is 160 Å². The zero-order valence-corrected chi connectivity index (χ0v) is 15.8. The summed E-state index contributed by atoms with van der Waals surface area (Å²) in [7, 11) is 0. The van der Waals surface area contributed by atoms with Gasteiger partial charge in [-0.05, 0) is 62.6 Å². The molecular weight excluding hydrogens is 336 g/mol. The van der Waals surface area contributed by atoms with Gasteiger partial charge in [0.2, 0.25) is 5.95 Å². The van der Waals surface area contributed by atoms with Gasteiger partial charge in [0.15, 0.2) is 0 Å². The molecule has 1 aliphatic heterocycles. The molecule has 0 saturated carbocycles. The topological polar surface area (TPSA) is 50.3 Å². The lowest BCUT2D eigenvalue weighted by Crippen LogP contribution is -2.26. The quantitative estimate of drug-likeness (QED) is 0.693. The number of ether oxygens (including phenoxy) is 1. The number of aromatic nitrogens is 2. The first-order chi connectivity index (χ1) is 13.2. The van der Waals surface area contributed by atoms with Crippen molar-refractivity contribution in [2.45, 2.75) is 26.7 Å². The Kier molecular flexibility index (Phi) is 4.92. The molecular formula is C22H24N4O. The third-order valence-corrected chi connectivity index (χ3v) is 4.63. The van der Waals surface area contributed by atoms with E-state index in [4.69, 9.17) is 14.7 Å². The molecule has 0 aliphatic carbocycles. The summed E-state index contributed by atoms with van der Waals surface area (Å²) in [5.74, 6) is 2.41. The Morgan fingerprint density at radius 2 is 1.89 bits per heavy atom. The molecule has 5 nitrogen and oxygen atoms in total. The number of hydrogen-bond acceptors (Lipinski definition) is 5. The Balaban J connectivity index is 1.61. The number of para-hydroxylation sites is 1. The molecule has 4 rings (SSSR count). The van der Waals surface area contributed by atoms with E-state index in [-0.39, 0.29) is 0 Å². The second-order valence-electron chi connectivity index (χ2n) is 6.66. The van der Waals surface area contributed by atoms with Crippen molar-refractivity contribution in [2.24, 2.45) is 0 Å². The molecule has 1 N–H and O–H groups in total. The van der Waals surface area contributed by atoms with Crippen molar-refractivity contribution >= 4 is 23.1 Å². The lowest BCUT2D eigenvalue weighted by atomic mass is 10.0. The summed E-state index contributed by atoms with van der Waals surface area (Å²) in [6.07, 6.45) is 2.21. The number of anilines is 4. The van der Waals surface area contributed by atoms with E-state index in [1.54, 1.807) is 0 Å². The summed E-state index contributed by atoms with van der Waals surface area (Å²) >= 11 is 0. The SMILES string of the molecule is CCOc1ccc(Nc2cc(C)nc(N3CCCc4ccccc43)n2)cc1. The van der Waals surface area contributed by atoms with E-state index in [0.717, 1.165) is 48.3 Å². The first-order valence-electron chi connectivity index (χ1n) is 9.44. The normalized spacial score (nSPS) is 13.2. The molecule has 0 spiro atoms. The van der Waals surface area contributed by atoms with E-state index >= 15 is 0 Å². The molecule has 0 bridgehead atoms. The zero-order valence-electron chi connectivity index (χ0n) is 15.8. The standard InChI is InChI=1S/C22H24N4O/c1-3-27-19-12-10-18(11-13-19)24-21-15-16(2)23-22(25-21)26-14-6-8-17-7-4-5-9-20(17)26/h4-5,7,9-13,15H,3,6,8,14H2,1-2H3,(H,23,24,25). The second-order valence-corrected chi connectivity index (χ2v) is 6.66. The molecule has 2 heterocycles. The van der Waals surface area contributed by atoms with E-state index in [9.17, 15) is 0 Å². The van der Waals surface area contributed by atoms with Crippen LogP contribution in [0.2, 0.25) is 0 Å². The molecule has 0 radical (unpaired) electrons. The van der Waals surface area contributed by atoms with E-state index in [1.807, 2.05) is 44.2 Å². The largest absolute Gasteiger partial charge is 0.494 e. The highest BCUT2D eigenvalue weighted by Gasteiger charge is 2.20. The molecule has 3 aromatic rings. The van der Waals surface area contributed by atoms with Crippen molar-refractivity contribution in [2.75, 3.05) is 23.4 Å². The minimum Gasteiger partial charge on any atom is -0.494 e. The smallest absolute Gasteiger partial charge is 0.232 e. The minimum atomic E-state index is 0.665. The van der Waals surface area contributed by atoms with Crippen molar-refractivity contribution < 1.29 is 4.74 Å². The van der Waals surface area contributed by atoms with Crippen LogP contribution < -0.4 is 15.0 Å². The second kappa shape index (κ2) is 7.66. The van der Waals surface area contributed by atoms with Crippen LogP contribution in [0, 0.1) is 6.92 Å². The summed E-state index contributed by atoms with van der Waals surface area (Å²) in [4.78, 5) is 11.7. The van der Waals surface area contributed by atoms with E-state index in [2.05, 4.69) is 34.5 Å². The van der Waals surface area contributed by atoms with Crippen molar-refractivity contribution in [1.29, 1.82) is 0 Å². The molecule has 0 amide bonds. The molecule has 1 aromatic heterocycles. The number of fused-ring (bicyclic) bond motifs is 1. The summed E-state index contributed by atoms with van der Waals surface area (Å²) < 4.78 is 5.50. The maximum absolute atomic E-state index is 5.50. The number of nitrogens with one attached hydrogen (secondary N) is 1. The van der Waals surface area contributed by atoms with E-state index < -0.39 is 0 Å². The van der Waals surface area contributed by atoms with Gasteiger partial charge in [0.05, 0.1) is 6.61 Å². The molecule has 0 fully saturated rings. The third-order valence-electron chi connectivity index (χ3n) is 4.63. The molecule has 27 heavy (non-hydrogen) atoms. The fourth-order valence-electron chi connectivity index (χ4n) is 3.43. The zero-order chi connectivity index (χ0) is 18.6. The van der Waals surface area contributed by atoms with Gasteiger partial charge in [0.1, 0.15) is 11.6 Å². The molecule has 0 saturated heterocycles. The fourth-order valence-corrected chi connectivity index (χ4v) is 3.43. The number of nitrogens with zero attached hydrogens (tertiary/aromatic N) is 3. The Morgan fingerprint density at radius 1 is 1.07 bits per heavy atom. The molecule has 0 atom stereocenters. The van der Waals surface area contributed by atoms with Gasteiger partial charge in [-0.3, -0.25) is 0 Å². The van der Waals surface area contributed by atoms with Crippen LogP contribution in [-0.2, 0) is 6.42 Å². The van der Waals surface area contributed by atoms with Gasteiger partial charge in [-0.25, -0.2) is 4.98 Å². The first-order valence-corrected chi connectivity index (χ1v) is 9.44. The van der Waals surface area contributed by atoms with Crippen molar-refractivity contribution in [3.63, 3.8) is 0 Å². The number of benzene rings is 2. The minimum absolute atomic E-state index is 0.665. The molecule has 0 unspecified atom stereocenters. The average Bonchev–Trinajstić information content (AvgIpc) is 2.69. The molecule has 2 aromatic carbocycles. The Hall–Kier alpha value is -3.08. The van der Waals surface area contributed by atoms with Crippen LogP contribution in [0.5, 0.6) is 5.75 Å². The molecule has 138 valence electrons. The number of hydrogen-bond donors (Lipinski definition) is 1. The van der Waals surface area contributed by atoms with E-state index in [0.29, 0.717) is 6.61 Å². The van der Waals surface area contributed by atoms with Crippen LogP contribution in [0.4, 0.5) is 23.1 Å². The van der Waals surface area contributed by atoms with E-state index in [1.165, 1.54) is 11.3 Å². The molecule has 1 aliphatic rings. The van der Waals surface area contributed by atoms with Crippen molar-refractivity contribution in [3.05, 3.63) is 65.9 Å². The van der Waals surface area contributed by atoms with Gasteiger partial charge in [-0.2, -0.15) is 4.98 Å². The Morgan fingerprint density at radius 3 is 2.70 bits per heavy atom. The van der Waals surface area contributed by atoms with Crippen LogP contribution in [0.15, 0.2) is 54.6 Å². The van der Waals surface area contributed by atoms with Crippen molar-refractivity contribution in [1.82, 2.24) is 9.97 Å². The predicted molar refractivity (Wildman–Crippen MR) is 109 cm³/mol. The predicted octanol–water partition coefficient (Wildman–Crippen LogP) is 5.01. The van der Waals surface area contributed by atoms with Crippen LogP contribution in [0.25, 0.3) is 0 Å². The average molecular weight is 360 g/mol. The third kappa shape index (κ3) is 3.87. The van der Waals surface area contributed by atoms with Crippen LogP contribution >= 0.6 is 0 Å². The highest BCUT2D eigenvalue weighted by molar-refractivity contribution is 5.65. The van der Waals surface area contributed by atoms with Gasteiger partial charge < -0.3 is 15.0 Å². The summed E-state index contributed by atoms with van der Waals surface area (Å²) in [5, 5.41) is 3.38. The maximum atomic E-state index is 5.50. The first kappa shape index (κ1) is 17.3. The lowest BCUT2D eigenvalue weighted by Gasteiger charge is -2.29. The maximum Gasteiger partial charge on any atom is 0.232 e. The van der Waals surface area contributed by atoms with Crippen LogP contribution in [-0.4, -0.2) is 23.1 Å². The fraction of sp³-hybridized carbons (Fsp3) is 0.273. The van der Waals surface area contributed by atoms with Gasteiger partial charge in [0, 0.05) is 29.7 Å². The van der Waals surface area contributed by atoms with Crippen LogP contribution in [0.1, 0.15) is 24.6 Å².